The molecule has 4 atom stereocenters. The average Bonchev–Trinajstić information content (AvgIpc) is 3.33. The minimum Gasteiger partial charge on any atom is -0.382 e. The molecule has 3 heterocycles. The molecule has 1 fully saturated rings. The van der Waals surface area contributed by atoms with Crippen molar-refractivity contribution in [2.45, 2.75) is 37.1 Å². The zero-order valence-corrected chi connectivity index (χ0v) is 15.9. The predicted octanol–water partition coefficient (Wildman–Crippen LogP) is 3.00. The summed E-state index contributed by atoms with van der Waals surface area (Å²) in [6.07, 6.45) is 9.86. The Morgan fingerprint density at radius 2 is 2.36 bits per heavy atom. The molecule has 0 spiro atoms. The van der Waals surface area contributed by atoms with Crippen molar-refractivity contribution in [2.75, 3.05) is 12.3 Å². The van der Waals surface area contributed by atoms with Gasteiger partial charge < -0.3 is 10.5 Å². The van der Waals surface area contributed by atoms with Crippen molar-refractivity contribution in [3.05, 3.63) is 48.5 Å². The number of fused-ring (bicyclic) bond motifs is 1. The van der Waals surface area contributed by atoms with Crippen LogP contribution in [0.5, 0.6) is 0 Å². The lowest BCUT2D eigenvalue weighted by Gasteiger charge is -2.19. The first kappa shape index (κ1) is 18.7. The molecule has 2 unspecified atom stereocenters. The van der Waals surface area contributed by atoms with Gasteiger partial charge in [-0.05, 0) is 25.0 Å². The largest absolute Gasteiger partial charge is 0.698 e. The lowest BCUT2D eigenvalue weighted by Crippen LogP contribution is -2.31. The SMILES string of the molecule is N#C[C@@]1(CO[P+](=O)OC2C=CC=CC2)CC[C@H](c2ccc3c(N)ncnn23)O1. The summed E-state index contributed by atoms with van der Waals surface area (Å²) in [4.78, 5) is 3.97. The standard InChI is InChI=1S/C18H19N5O4P/c19-10-18(11-25-28(24)27-13-4-2-1-3-5-13)9-8-16(26-18)14-6-7-15-17(20)21-12-22-23(14)15/h1-4,6-7,12-13,16H,5,8-9,11H2,(H2,20,21,22)/q+1/t13?,16-,18-/m1/s1. The number of nitrogens with zero attached hydrogens (tertiary/aromatic N) is 4. The average molecular weight is 400 g/mol. The third kappa shape index (κ3) is 3.68. The fraction of sp³-hybridized carbons (Fsp3) is 0.389. The number of ether oxygens (including phenoxy) is 1. The van der Waals surface area contributed by atoms with Gasteiger partial charge in [-0.1, -0.05) is 24.3 Å². The van der Waals surface area contributed by atoms with Crippen LogP contribution in [0, 0.1) is 11.3 Å². The molecule has 0 saturated carbocycles. The van der Waals surface area contributed by atoms with Gasteiger partial charge in [0, 0.05) is 11.0 Å². The Bertz CT molecular complexity index is 998. The van der Waals surface area contributed by atoms with Crippen molar-refractivity contribution in [2.24, 2.45) is 0 Å². The van der Waals surface area contributed by atoms with E-state index in [0.717, 1.165) is 5.69 Å². The van der Waals surface area contributed by atoms with Gasteiger partial charge in [-0.3, -0.25) is 0 Å². The fourth-order valence-electron chi connectivity index (χ4n) is 3.33. The maximum absolute atomic E-state index is 12.1. The number of hydrogen-bond donors (Lipinski definition) is 1. The minimum atomic E-state index is -2.36. The van der Waals surface area contributed by atoms with Gasteiger partial charge >= 0.3 is 8.25 Å². The van der Waals surface area contributed by atoms with Crippen molar-refractivity contribution in [3.8, 4) is 6.07 Å². The van der Waals surface area contributed by atoms with E-state index in [1.54, 1.807) is 4.52 Å². The number of nitrogens with two attached hydrogens (primary N) is 1. The molecule has 10 heteroatoms. The molecule has 0 bridgehead atoms. The molecule has 0 radical (unpaired) electrons. The van der Waals surface area contributed by atoms with E-state index in [1.165, 1.54) is 6.33 Å². The van der Waals surface area contributed by atoms with Gasteiger partial charge in [0.2, 0.25) is 0 Å². The molecule has 2 aromatic rings. The summed E-state index contributed by atoms with van der Waals surface area (Å²) in [5, 5.41) is 13.9. The van der Waals surface area contributed by atoms with Crippen LogP contribution in [0.15, 0.2) is 42.8 Å². The first-order valence-electron chi connectivity index (χ1n) is 8.88. The first-order chi connectivity index (χ1) is 13.6. The van der Waals surface area contributed by atoms with E-state index in [4.69, 9.17) is 19.5 Å². The Kier molecular flexibility index (Phi) is 5.20. The van der Waals surface area contributed by atoms with Crippen LogP contribution in [0.25, 0.3) is 5.52 Å². The van der Waals surface area contributed by atoms with E-state index in [-0.39, 0.29) is 18.8 Å². The maximum Gasteiger partial charge on any atom is 0.698 e. The Hall–Kier alpha value is -2.63. The molecule has 1 aliphatic carbocycles. The smallest absolute Gasteiger partial charge is 0.382 e. The molecule has 1 aliphatic heterocycles. The van der Waals surface area contributed by atoms with E-state index >= 15 is 0 Å². The second-order valence-electron chi connectivity index (χ2n) is 6.64. The van der Waals surface area contributed by atoms with E-state index in [1.807, 2.05) is 36.4 Å². The van der Waals surface area contributed by atoms with Gasteiger partial charge in [-0.2, -0.15) is 10.4 Å². The molecule has 0 amide bonds. The molecule has 2 N–H and O–H groups in total. The van der Waals surface area contributed by atoms with Crippen LogP contribution in [0.3, 0.4) is 0 Å². The third-order valence-corrected chi connectivity index (χ3v) is 5.57. The predicted molar refractivity (Wildman–Crippen MR) is 100 cm³/mol. The lowest BCUT2D eigenvalue weighted by atomic mass is 10.0. The van der Waals surface area contributed by atoms with Crippen molar-refractivity contribution in [1.29, 1.82) is 5.26 Å². The summed E-state index contributed by atoms with van der Waals surface area (Å²) in [5.74, 6) is 0.370. The minimum absolute atomic E-state index is 0.137. The normalized spacial score (nSPS) is 27.2. The second kappa shape index (κ2) is 7.78. The Morgan fingerprint density at radius 3 is 3.14 bits per heavy atom. The number of nitrogen functional groups attached to an aromatic ring is 1. The van der Waals surface area contributed by atoms with Gasteiger partial charge in [0.05, 0.1) is 5.69 Å². The topological polar surface area (TPSA) is 125 Å². The Labute approximate surface area is 162 Å². The molecule has 4 rings (SSSR count). The summed E-state index contributed by atoms with van der Waals surface area (Å²) < 4.78 is 30.5. The number of anilines is 1. The van der Waals surface area contributed by atoms with E-state index in [2.05, 4.69) is 16.2 Å². The maximum atomic E-state index is 12.1. The van der Waals surface area contributed by atoms with E-state index in [0.29, 0.717) is 30.6 Å². The van der Waals surface area contributed by atoms with Crippen LogP contribution in [0.4, 0.5) is 5.82 Å². The lowest BCUT2D eigenvalue weighted by molar-refractivity contribution is -0.0344. The van der Waals surface area contributed by atoms with Gasteiger partial charge in [0.25, 0.3) is 0 Å². The van der Waals surface area contributed by atoms with E-state index in [9.17, 15) is 9.83 Å². The Balaban J connectivity index is 1.41. The highest BCUT2D eigenvalue weighted by molar-refractivity contribution is 7.33. The van der Waals surface area contributed by atoms with Crippen molar-refractivity contribution in [3.63, 3.8) is 0 Å². The van der Waals surface area contributed by atoms with Gasteiger partial charge in [-0.15, -0.1) is 9.05 Å². The van der Waals surface area contributed by atoms with Crippen LogP contribution in [0.1, 0.15) is 31.1 Å². The summed E-state index contributed by atoms with van der Waals surface area (Å²) in [5.41, 5.74) is 6.13. The van der Waals surface area contributed by atoms with Crippen LogP contribution in [0.2, 0.25) is 0 Å². The highest BCUT2D eigenvalue weighted by atomic mass is 31.1. The van der Waals surface area contributed by atoms with Gasteiger partial charge in [0.1, 0.15) is 36.7 Å². The fourth-order valence-corrected chi connectivity index (χ4v) is 4.09. The quantitative estimate of drug-likeness (QED) is 0.734. The monoisotopic (exact) mass is 400 g/mol. The highest BCUT2D eigenvalue weighted by Gasteiger charge is 2.45. The van der Waals surface area contributed by atoms with Crippen LogP contribution in [-0.2, 0) is 18.3 Å². The van der Waals surface area contributed by atoms with Crippen LogP contribution >= 0.6 is 8.25 Å². The van der Waals surface area contributed by atoms with Crippen molar-refractivity contribution >= 4 is 19.6 Å². The first-order valence-corrected chi connectivity index (χ1v) is 9.97. The molecule has 2 aliphatic rings. The zero-order valence-electron chi connectivity index (χ0n) is 15.0. The molecule has 1 saturated heterocycles. The van der Waals surface area contributed by atoms with E-state index < -0.39 is 13.9 Å². The molecule has 0 aromatic carbocycles. The number of aromatic nitrogens is 3. The molecule has 2 aromatic heterocycles. The van der Waals surface area contributed by atoms with Gasteiger partial charge in [-0.25, -0.2) is 9.50 Å². The summed E-state index contributed by atoms with van der Waals surface area (Å²) in [6.45, 7) is -0.137. The number of nitriles is 1. The molecular formula is C18H19N5O4P+. The summed E-state index contributed by atoms with van der Waals surface area (Å²) in [7, 11) is -2.36. The molecular weight excluding hydrogens is 381 g/mol. The van der Waals surface area contributed by atoms with Crippen LogP contribution < -0.4 is 5.73 Å². The summed E-state index contributed by atoms with van der Waals surface area (Å²) >= 11 is 0. The number of hydrogen-bond acceptors (Lipinski definition) is 8. The molecule has 144 valence electrons. The molecule has 9 nitrogen and oxygen atoms in total. The summed E-state index contributed by atoms with van der Waals surface area (Å²) in [6, 6.07) is 5.83. The van der Waals surface area contributed by atoms with Crippen molar-refractivity contribution in [1.82, 2.24) is 14.6 Å². The Morgan fingerprint density at radius 1 is 1.46 bits per heavy atom. The highest BCUT2D eigenvalue weighted by Crippen LogP contribution is 2.42. The molecule has 28 heavy (non-hydrogen) atoms. The second-order valence-corrected chi connectivity index (χ2v) is 7.56. The van der Waals surface area contributed by atoms with Gasteiger partial charge in [0.15, 0.2) is 11.4 Å². The van der Waals surface area contributed by atoms with Crippen molar-refractivity contribution < 1.29 is 18.3 Å². The number of rotatable bonds is 6. The zero-order chi connectivity index (χ0) is 19.6. The third-order valence-electron chi connectivity index (χ3n) is 4.79. The van der Waals surface area contributed by atoms with Crippen LogP contribution in [-0.4, -0.2) is 32.9 Å². The number of allylic oxidation sites excluding steroid dienone is 2.